The molecular formula is C14H13NO3S2. The van der Waals surface area contributed by atoms with Crippen molar-refractivity contribution in [2.45, 2.75) is 10.6 Å². The monoisotopic (exact) mass is 307 g/mol. The molecule has 2 heterocycles. The van der Waals surface area contributed by atoms with Crippen LogP contribution in [-0.2, 0) is 16.3 Å². The summed E-state index contributed by atoms with van der Waals surface area (Å²) in [4.78, 5) is 4.54. The maximum atomic E-state index is 11.9. The molecule has 0 unspecified atom stereocenters. The molecule has 1 aliphatic heterocycles. The number of rotatable bonds is 2. The second kappa shape index (κ2) is 5.03. The zero-order valence-corrected chi connectivity index (χ0v) is 12.5. The Morgan fingerprint density at radius 3 is 2.65 bits per heavy atom. The van der Waals surface area contributed by atoms with Gasteiger partial charge in [0.1, 0.15) is 9.96 Å². The van der Waals surface area contributed by atoms with Crippen molar-refractivity contribution in [1.29, 1.82) is 0 Å². The van der Waals surface area contributed by atoms with Crippen molar-refractivity contribution >= 4 is 26.9 Å². The summed E-state index contributed by atoms with van der Waals surface area (Å²) in [5, 5.41) is 2.52. The molecule has 0 N–H and O–H groups in total. The summed E-state index contributed by atoms with van der Waals surface area (Å²) in [7, 11) is -1.48. The number of methoxy groups -OCH3 is 1. The molecule has 1 aliphatic rings. The first-order chi connectivity index (χ1) is 9.60. The second-order valence-corrected chi connectivity index (χ2v) is 7.67. The summed E-state index contributed by atoms with van der Waals surface area (Å²) >= 11 is 1.27. The number of ether oxygens (including phenoxy) is 1. The Labute approximate surface area is 121 Å². The average molecular weight is 307 g/mol. The van der Waals surface area contributed by atoms with Gasteiger partial charge in [0.15, 0.2) is 9.84 Å². The van der Waals surface area contributed by atoms with Gasteiger partial charge in [0, 0.05) is 5.56 Å². The highest BCUT2D eigenvalue weighted by Crippen LogP contribution is 2.27. The van der Waals surface area contributed by atoms with Gasteiger partial charge in [0.05, 0.1) is 23.9 Å². The molecule has 0 radical (unpaired) electrons. The molecule has 6 heteroatoms. The van der Waals surface area contributed by atoms with E-state index in [-0.39, 0.29) is 5.75 Å². The fourth-order valence-electron chi connectivity index (χ4n) is 2.16. The highest BCUT2D eigenvalue weighted by atomic mass is 32.2. The lowest BCUT2D eigenvalue weighted by molar-refractivity contribution is 0.415. The van der Waals surface area contributed by atoms with Crippen LogP contribution in [0, 0.1) is 0 Å². The van der Waals surface area contributed by atoms with Crippen molar-refractivity contribution in [3.63, 3.8) is 0 Å². The normalized spacial score (nSPS) is 16.9. The minimum atomic E-state index is -3.09. The highest BCUT2D eigenvalue weighted by molar-refractivity contribution is 7.93. The second-order valence-electron chi connectivity index (χ2n) is 4.45. The molecule has 0 bridgehead atoms. The summed E-state index contributed by atoms with van der Waals surface area (Å²) in [6, 6.07) is 9.24. The third-order valence-electron chi connectivity index (χ3n) is 3.18. The van der Waals surface area contributed by atoms with Crippen molar-refractivity contribution in [2.75, 3.05) is 12.9 Å². The van der Waals surface area contributed by atoms with Crippen molar-refractivity contribution in [2.24, 2.45) is 4.99 Å². The first kappa shape index (κ1) is 13.3. The molecular weight excluding hydrogens is 294 g/mol. The Morgan fingerprint density at radius 1 is 1.20 bits per heavy atom. The molecule has 0 spiro atoms. The molecule has 2 aromatic rings. The average Bonchev–Trinajstić information content (AvgIpc) is 2.77. The van der Waals surface area contributed by atoms with E-state index in [2.05, 4.69) is 4.99 Å². The van der Waals surface area contributed by atoms with Crippen LogP contribution in [0.2, 0.25) is 0 Å². The standard InChI is InChI=1S/C14H13NO3S2/c1-18-11-4-2-10(3-5-11)15-13-6-8-19-14-12(13)7-9-20(14,16)17/h2-6,8H,7,9H2,1H3. The van der Waals surface area contributed by atoms with Gasteiger partial charge in [-0.05, 0) is 42.1 Å². The van der Waals surface area contributed by atoms with Gasteiger partial charge < -0.3 is 4.74 Å². The van der Waals surface area contributed by atoms with E-state index in [1.807, 2.05) is 30.3 Å². The predicted molar refractivity (Wildman–Crippen MR) is 78.3 cm³/mol. The predicted octanol–water partition coefficient (Wildman–Crippen LogP) is 2.32. The van der Waals surface area contributed by atoms with Crippen LogP contribution in [0.15, 0.2) is 44.9 Å². The van der Waals surface area contributed by atoms with Gasteiger partial charge in [-0.3, -0.25) is 0 Å². The van der Waals surface area contributed by atoms with Crippen LogP contribution < -0.4 is 10.1 Å². The number of hydrogen-bond donors (Lipinski definition) is 0. The van der Waals surface area contributed by atoms with Gasteiger partial charge in [-0.2, -0.15) is 0 Å². The summed E-state index contributed by atoms with van der Waals surface area (Å²) in [6.45, 7) is 0. The Hall–Kier alpha value is -1.66. The van der Waals surface area contributed by atoms with E-state index in [4.69, 9.17) is 4.74 Å². The number of fused-ring (bicyclic) bond motifs is 1. The van der Waals surface area contributed by atoms with Crippen molar-refractivity contribution in [1.82, 2.24) is 0 Å². The van der Waals surface area contributed by atoms with E-state index in [1.165, 1.54) is 11.3 Å². The van der Waals surface area contributed by atoms with Gasteiger partial charge in [0.25, 0.3) is 0 Å². The van der Waals surface area contributed by atoms with Crippen LogP contribution in [0.4, 0.5) is 5.69 Å². The van der Waals surface area contributed by atoms with E-state index in [1.54, 1.807) is 12.5 Å². The van der Waals surface area contributed by atoms with Gasteiger partial charge in [0.2, 0.25) is 0 Å². The molecule has 20 heavy (non-hydrogen) atoms. The van der Waals surface area contributed by atoms with E-state index in [0.29, 0.717) is 10.6 Å². The van der Waals surface area contributed by atoms with Gasteiger partial charge in [-0.25, -0.2) is 13.4 Å². The van der Waals surface area contributed by atoms with Crippen molar-refractivity contribution in [3.05, 3.63) is 46.6 Å². The van der Waals surface area contributed by atoms with Gasteiger partial charge >= 0.3 is 0 Å². The lowest BCUT2D eigenvalue weighted by Crippen LogP contribution is -2.07. The van der Waals surface area contributed by atoms with Gasteiger partial charge in [-0.1, -0.05) is 0 Å². The lowest BCUT2D eigenvalue weighted by Gasteiger charge is -2.00. The van der Waals surface area contributed by atoms with E-state index in [9.17, 15) is 8.42 Å². The summed E-state index contributed by atoms with van der Waals surface area (Å²) in [6.07, 6.45) is 0.546. The maximum Gasteiger partial charge on any atom is 0.188 e. The fourth-order valence-corrected chi connectivity index (χ4v) is 5.07. The van der Waals surface area contributed by atoms with E-state index >= 15 is 0 Å². The molecule has 0 atom stereocenters. The molecule has 0 saturated carbocycles. The molecule has 104 valence electrons. The SMILES string of the molecule is COc1ccc(N=c2ccsc3c2CCS3(=O)=O)cc1. The van der Waals surface area contributed by atoms with E-state index < -0.39 is 9.84 Å². The van der Waals surface area contributed by atoms with Crippen LogP contribution >= 0.6 is 11.3 Å². The Bertz CT molecular complexity index is 805. The molecule has 0 fully saturated rings. The minimum absolute atomic E-state index is 0.188. The summed E-state index contributed by atoms with van der Waals surface area (Å²) in [5.74, 6) is 0.959. The molecule has 0 saturated heterocycles. The third kappa shape index (κ3) is 2.36. The molecule has 0 aliphatic carbocycles. The van der Waals surface area contributed by atoms with Gasteiger partial charge in [-0.15, -0.1) is 11.3 Å². The Balaban J connectivity index is 2.11. The Kier molecular flexibility index (Phi) is 3.35. The Morgan fingerprint density at radius 2 is 1.95 bits per heavy atom. The lowest BCUT2D eigenvalue weighted by atomic mass is 10.2. The van der Waals surface area contributed by atoms with Crippen LogP contribution in [-0.4, -0.2) is 21.3 Å². The topological polar surface area (TPSA) is 55.7 Å². The summed E-state index contributed by atoms with van der Waals surface area (Å²) in [5.41, 5.74) is 1.63. The number of hydrogen-bond acceptors (Lipinski definition) is 5. The smallest absolute Gasteiger partial charge is 0.188 e. The van der Waals surface area contributed by atoms with Crippen LogP contribution in [0.1, 0.15) is 5.56 Å². The first-order valence-electron chi connectivity index (χ1n) is 6.12. The molecule has 3 rings (SSSR count). The molecule has 4 nitrogen and oxygen atoms in total. The highest BCUT2D eigenvalue weighted by Gasteiger charge is 2.27. The first-order valence-corrected chi connectivity index (χ1v) is 8.65. The maximum absolute atomic E-state index is 11.9. The minimum Gasteiger partial charge on any atom is -0.497 e. The van der Waals surface area contributed by atoms with Crippen LogP contribution in [0.5, 0.6) is 5.75 Å². The number of nitrogens with zero attached hydrogens (tertiary/aromatic N) is 1. The zero-order valence-electron chi connectivity index (χ0n) is 10.9. The van der Waals surface area contributed by atoms with Crippen LogP contribution in [0.25, 0.3) is 0 Å². The number of benzene rings is 1. The largest absolute Gasteiger partial charge is 0.497 e. The third-order valence-corrected chi connectivity index (χ3v) is 6.52. The van der Waals surface area contributed by atoms with Crippen molar-refractivity contribution < 1.29 is 13.2 Å². The molecule has 1 aromatic carbocycles. The van der Waals surface area contributed by atoms with Crippen LogP contribution in [0.3, 0.4) is 0 Å². The number of sulfone groups is 1. The summed E-state index contributed by atoms with van der Waals surface area (Å²) < 4.78 is 29.4. The van der Waals surface area contributed by atoms with E-state index in [0.717, 1.165) is 22.4 Å². The zero-order chi connectivity index (χ0) is 14.2. The quantitative estimate of drug-likeness (QED) is 0.855. The fraction of sp³-hybridized carbons (Fsp3) is 0.214. The molecule has 0 amide bonds. The van der Waals surface area contributed by atoms with Crippen molar-refractivity contribution in [3.8, 4) is 5.75 Å². The molecule has 1 aromatic heterocycles.